The van der Waals surface area contributed by atoms with Crippen molar-refractivity contribution in [1.29, 1.82) is 0 Å². The van der Waals surface area contributed by atoms with Gasteiger partial charge in [0, 0.05) is 21.7 Å². The molecular formula is C10H16O6Ti. The third-order valence-electron chi connectivity index (χ3n) is 1.96. The van der Waals surface area contributed by atoms with E-state index in [4.69, 9.17) is 10.2 Å². The van der Waals surface area contributed by atoms with Crippen LogP contribution < -0.4 is 0 Å². The predicted molar refractivity (Wildman–Crippen MR) is 55.0 cm³/mol. The van der Waals surface area contributed by atoms with E-state index >= 15 is 0 Å². The maximum absolute atomic E-state index is 10.2. The maximum atomic E-state index is 10.2. The average molecular weight is 280 g/mol. The number of rotatable bonds is 4. The first-order valence-corrected chi connectivity index (χ1v) is 4.57. The van der Waals surface area contributed by atoms with Gasteiger partial charge >= 0.3 is 11.9 Å². The van der Waals surface area contributed by atoms with Gasteiger partial charge in [0.05, 0.1) is 0 Å². The molecule has 0 bridgehead atoms. The number of Topliss-reactive ketones (excluding diaryl/α,β-unsaturated/α-hetero) is 2. The Labute approximate surface area is 114 Å². The van der Waals surface area contributed by atoms with Gasteiger partial charge in [0.25, 0.3) is 0 Å². The molecule has 0 aliphatic carbocycles. The maximum Gasteiger partial charge on any atom is 0.313 e. The van der Waals surface area contributed by atoms with E-state index in [1.54, 1.807) is 0 Å². The van der Waals surface area contributed by atoms with Crippen molar-refractivity contribution in [2.45, 2.75) is 27.7 Å². The molecule has 0 aromatic rings. The van der Waals surface area contributed by atoms with Crippen molar-refractivity contribution in [3.8, 4) is 0 Å². The fraction of sp³-hybridized carbons (Fsp3) is 0.600. The number of hydrogen-bond acceptors (Lipinski definition) is 4. The smallest absolute Gasteiger partial charge is 0.313 e. The van der Waals surface area contributed by atoms with Crippen LogP contribution in [0.25, 0.3) is 0 Å². The molecule has 0 heterocycles. The third-order valence-corrected chi connectivity index (χ3v) is 1.96. The SMILES string of the molecule is CC(=O)C(C)C(=O)O.CC(=O)C(C)C(=O)O.[Ti]. The number of carbonyl (C=O) groups is 4. The molecule has 0 amide bonds. The second-order valence-electron chi connectivity index (χ2n) is 3.34. The van der Waals surface area contributed by atoms with Gasteiger partial charge in [-0.3, -0.25) is 19.2 Å². The van der Waals surface area contributed by atoms with Crippen molar-refractivity contribution in [2.24, 2.45) is 11.8 Å². The van der Waals surface area contributed by atoms with E-state index in [1.807, 2.05) is 0 Å². The van der Waals surface area contributed by atoms with Crippen LogP contribution in [0.15, 0.2) is 0 Å². The second kappa shape index (κ2) is 10.2. The van der Waals surface area contributed by atoms with Crippen LogP contribution in [-0.2, 0) is 40.9 Å². The molecule has 6 nitrogen and oxygen atoms in total. The molecule has 2 unspecified atom stereocenters. The molecule has 17 heavy (non-hydrogen) atoms. The van der Waals surface area contributed by atoms with Crippen LogP contribution in [0, 0.1) is 11.8 Å². The summed E-state index contributed by atoms with van der Waals surface area (Å²) < 4.78 is 0. The zero-order valence-electron chi connectivity index (χ0n) is 10.2. The molecule has 0 radical (unpaired) electrons. The van der Waals surface area contributed by atoms with E-state index in [0.717, 1.165) is 0 Å². The average Bonchev–Trinajstić information content (AvgIpc) is 2.15. The molecule has 2 N–H and O–H groups in total. The van der Waals surface area contributed by atoms with Crippen molar-refractivity contribution < 1.29 is 51.1 Å². The number of carbonyl (C=O) groups excluding carboxylic acids is 2. The molecule has 0 saturated carbocycles. The minimum Gasteiger partial charge on any atom is -0.481 e. The Hall–Kier alpha value is -1.01. The molecule has 0 aromatic heterocycles. The predicted octanol–water partition coefficient (Wildman–Crippen LogP) is 0.590. The van der Waals surface area contributed by atoms with E-state index in [0.29, 0.717) is 0 Å². The molecule has 0 aliphatic rings. The van der Waals surface area contributed by atoms with Gasteiger partial charge in [0.1, 0.15) is 23.4 Å². The Balaban J connectivity index is -0.000000218. The van der Waals surface area contributed by atoms with Crippen molar-refractivity contribution in [1.82, 2.24) is 0 Å². The first kappa shape index (κ1) is 21.3. The van der Waals surface area contributed by atoms with Gasteiger partial charge in [-0.2, -0.15) is 0 Å². The Morgan fingerprint density at radius 1 is 0.765 bits per heavy atom. The number of aliphatic carboxylic acids is 2. The van der Waals surface area contributed by atoms with Crippen molar-refractivity contribution in [3.63, 3.8) is 0 Å². The van der Waals surface area contributed by atoms with Crippen LogP contribution in [0.3, 0.4) is 0 Å². The second-order valence-corrected chi connectivity index (χ2v) is 3.34. The summed E-state index contributed by atoms with van der Waals surface area (Å²) in [6.45, 7) is 5.26. The van der Waals surface area contributed by atoms with Gasteiger partial charge in [-0.15, -0.1) is 0 Å². The molecule has 0 spiro atoms. The van der Waals surface area contributed by atoms with Crippen LogP contribution in [0.2, 0.25) is 0 Å². The number of carboxylic acid groups (broad SMARTS) is 2. The zero-order valence-corrected chi connectivity index (χ0v) is 11.7. The summed E-state index contributed by atoms with van der Waals surface area (Å²) in [6.07, 6.45) is 0. The Kier molecular flexibility index (Phi) is 12.7. The third kappa shape index (κ3) is 11.3. The van der Waals surface area contributed by atoms with Gasteiger partial charge in [0.2, 0.25) is 0 Å². The van der Waals surface area contributed by atoms with Gasteiger partial charge < -0.3 is 10.2 Å². The van der Waals surface area contributed by atoms with Crippen molar-refractivity contribution in [2.75, 3.05) is 0 Å². The van der Waals surface area contributed by atoms with E-state index < -0.39 is 23.8 Å². The van der Waals surface area contributed by atoms with Gasteiger partial charge in [0.15, 0.2) is 0 Å². The number of carboxylic acids is 2. The topological polar surface area (TPSA) is 109 Å². The summed E-state index contributed by atoms with van der Waals surface area (Å²) in [4.78, 5) is 40.2. The van der Waals surface area contributed by atoms with E-state index in [-0.39, 0.29) is 33.3 Å². The normalized spacial score (nSPS) is 12.0. The summed E-state index contributed by atoms with van der Waals surface area (Å²) in [5, 5.41) is 16.3. The van der Waals surface area contributed by atoms with Crippen LogP contribution in [0.4, 0.5) is 0 Å². The molecule has 0 saturated heterocycles. The van der Waals surface area contributed by atoms with Crippen LogP contribution in [0.5, 0.6) is 0 Å². The van der Waals surface area contributed by atoms with Gasteiger partial charge in [-0.25, -0.2) is 0 Å². The van der Waals surface area contributed by atoms with E-state index in [9.17, 15) is 19.2 Å². The minimum atomic E-state index is -1.06. The summed E-state index contributed by atoms with van der Waals surface area (Å²) in [5.74, 6) is -4.44. The quantitative estimate of drug-likeness (QED) is 0.576. The molecule has 7 heteroatoms. The Morgan fingerprint density at radius 3 is 0.941 bits per heavy atom. The number of ketones is 2. The van der Waals surface area contributed by atoms with Crippen molar-refractivity contribution in [3.05, 3.63) is 0 Å². The molecular weight excluding hydrogens is 264 g/mol. The Bertz CT molecular complexity index is 241. The van der Waals surface area contributed by atoms with E-state index in [2.05, 4.69) is 0 Å². The molecule has 0 rings (SSSR count). The van der Waals surface area contributed by atoms with E-state index in [1.165, 1.54) is 27.7 Å². The van der Waals surface area contributed by atoms with Crippen LogP contribution >= 0.6 is 0 Å². The molecule has 2 atom stereocenters. The molecule has 96 valence electrons. The first-order valence-electron chi connectivity index (χ1n) is 4.57. The fourth-order valence-corrected chi connectivity index (χ4v) is 0.348. The van der Waals surface area contributed by atoms with Crippen LogP contribution in [-0.4, -0.2) is 33.7 Å². The van der Waals surface area contributed by atoms with Gasteiger partial charge in [-0.1, -0.05) is 0 Å². The van der Waals surface area contributed by atoms with Crippen molar-refractivity contribution >= 4 is 23.5 Å². The molecule has 0 aromatic carbocycles. The fourth-order valence-electron chi connectivity index (χ4n) is 0.348. The molecule has 0 aliphatic heterocycles. The summed E-state index contributed by atoms with van der Waals surface area (Å²) in [5.41, 5.74) is 0. The largest absolute Gasteiger partial charge is 0.481 e. The monoisotopic (exact) mass is 280 g/mol. The standard InChI is InChI=1S/2C5H8O3.Ti/c2*1-3(4(2)6)5(7)8;/h2*3H,1-2H3,(H,7,8);. The minimum absolute atomic E-state index is 0. The zero-order chi connectivity index (χ0) is 13.5. The summed E-state index contributed by atoms with van der Waals surface area (Å²) >= 11 is 0. The summed E-state index contributed by atoms with van der Waals surface area (Å²) in [6, 6.07) is 0. The van der Waals surface area contributed by atoms with Gasteiger partial charge in [-0.05, 0) is 27.7 Å². The molecule has 0 fully saturated rings. The number of hydrogen-bond donors (Lipinski definition) is 2. The summed E-state index contributed by atoms with van der Waals surface area (Å²) in [7, 11) is 0. The first-order chi connectivity index (χ1) is 7.11. The van der Waals surface area contributed by atoms with Crippen LogP contribution in [0.1, 0.15) is 27.7 Å². The Morgan fingerprint density at radius 2 is 0.941 bits per heavy atom.